The summed E-state index contributed by atoms with van der Waals surface area (Å²) >= 11 is 0. The van der Waals surface area contributed by atoms with Crippen LogP contribution in [0.15, 0.2) is 6.33 Å². The van der Waals surface area contributed by atoms with Crippen molar-refractivity contribution in [2.45, 2.75) is 25.7 Å². The van der Waals surface area contributed by atoms with Crippen LogP contribution in [-0.4, -0.2) is 37.3 Å². The van der Waals surface area contributed by atoms with Crippen LogP contribution < -0.4 is 5.73 Å². The van der Waals surface area contributed by atoms with E-state index in [0.29, 0.717) is 17.6 Å². The van der Waals surface area contributed by atoms with Crippen molar-refractivity contribution < 1.29 is 14.2 Å². The first-order valence-corrected chi connectivity index (χ1v) is 6.02. The molecule has 0 radical (unpaired) electrons. The van der Waals surface area contributed by atoms with Crippen LogP contribution in [0.3, 0.4) is 0 Å². The number of aromatic nitrogens is 4. The molecule has 3 rings (SSSR count). The maximum absolute atomic E-state index is 13.2. The van der Waals surface area contributed by atoms with Gasteiger partial charge < -0.3 is 15.6 Å². The number of nitrogens with two attached hydrogens (primary N) is 1. The Hall–Kier alpha value is -1.80. The molecule has 0 aliphatic carbocycles. The van der Waals surface area contributed by atoms with Crippen LogP contribution in [0.5, 0.6) is 0 Å². The Bertz CT molecular complexity index is 616. The average molecular weight is 267 g/mol. The molecule has 1 aliphatic heterocycles. The lowest BCUT2D eigenvalue weighted by atomic mass is 10.0. The fourth-order valence-corrected chi connectivity index (χ4v) is 2.38. The van der Waals surface area contributed by atoms with Gasteiger partial charge in [0.05, 0.1) is 19.0 Å². The molecule has 0 bridgehead atoms. The molecule has 0 spiro atoms. The van der Waals surface area contributed by atoms with Crippen LogP contribution in [0, 0.1) is 12.0 Å². The van der Waals surface area contributed by atoms with Crippen LogP contribution in [0.25, 0.3) is 11.2 Å². The van der Waals surface area contributed by atoms with Gasteiger partial charge in [-0.2, -0.15) is 14.4 Å². The standard InChI is InChI=1S/C11H14FN5O2/c1-5-2-7(19-6(5)3-18)17-4-14-8-9(13)15-11(12)16-10(8)17/h4-7,18H,2-3H2,1H3,(H2,13,15,16)/t5-,6+,7+/m0/s1. The van der Waals surface area contributed by atoms with E-state index in [1.807, 2.05) is 6.92 Å². The first-order valence-electron chi connectivity index (χ1n) is 6.02. The summed E-state index contributed by atoms with van der Waals surface area (Å²) in [5, 5.41) is 9.20. The molecule has 1 saturated heterocycles. The van der Waals surface area contributed by atoms with E-state index in [1.54, 1.807) is 4.57 Å². The van der Waals surface area contributed by atoms with Gasteiger partial charge >= 0.3 is 6.08 Å². The van der Waals surface area contributed by atoms with Crippen molar-refractivity contribution in [3.05, 3.63) is 12.4 Å². The lowest BCUT2D eigenvalue weighted by Gasteiger charge is -2.13. The zero-order chi connectivity index (χ0) is 13.6. The van der Waals surface area contributed by atoms with Gasteiger partial charge in [0.1, 0.15) is 6.23 Å². The minimum Gasteiger partial charge on any atom is -0.394 e. The molecule has 1 fully saturated rings. The second-order valence-electron chi connectivity index (χ2n) is 4.73. The number of hydrogen-bond donors (Lipinski definition) is 2. The quantitative estimate of drug-likeness (QED) is 0.767. The number of aliphatic hydroxyl groups excluding tert-OH is 1. The van der Waals surface area contributed by atoms with E-state index in [4.69, 9.17) is 10.5 Å². The van der Waals surface area contributed by atoms with Crippen LogP contribution in [0.2, 0.25) is 0 Å². The van der Waals surface area contributed by atoms with Gasteiger partial charge in [-0.3, -0.25) is 4.57 Å². The molecular formula is C11H14FN5O2. The highest BCUT2D eigenvalue weighted by atomic mass is 19.1. The zero-order valence-electron chi connectivity index (χ0n) is 10.3. The highest BCUT2D eigenvalue weighted by Gasteiger charge is 2.33. The van der Waals surface area contributed by atoms with Crippen LogP contribution in [0.1, 0.15) is 19.6 Å². The largest absolute Gasteiger partial charge is 0.394 e. The summed E-state index contributed by atoms with van der Waals surface area (Å²) in [6.45, 7) is 1.94. The maximum Gasteiger partial charge on any atom is 0.312 e. The van der Waals surface area contributed by atoms with Gasteiger partial charge in [-0.25, -0.2) is 4.98 Å². The van der Waals surface area contributed by atoms with Crippen molar-refractivity contribution in [2.75, 3.05) is 12.3 Å². The second-order valence-corrected chi connectivity index (χ2v) is 4.73. The topological polar surface area (TPSA) is 99.1 Å². The fraction of sp³-hybridized carbons (Fsp3) is 0.545. The van der Waals surface area contributed by atoms with E-state index in [0.717, 1.165) is 0 Å². The normalized spacial score (nSPS) is 27.2. The molecular weight excluding hydrogens is 253 g/mol. The summed E-state index contributed by atoms with van der Waals surface area (Å²) in [5.74, 6) is 0.211. The highest BCUT2D eigenvalue weighted by molar-refractivity contribution is 5.81. The third-order valence-electron chi connectivity index (χ3n) is 3.45. The molecule has 1 aliphatic rings. The molecule has 2 aromatic heterocycles. The third kappa shape index (κ3) is 1.92. The molecule has 3 atom stereocenters. The van der Waals surface area contributed by atoms with E-state index >= 15 is 0 Å². The fourth-order valence-electron chi connectivity index (χ4n) is 2.38. The SMILES string of the molecule is C[C@H]1C[C@H](n2cnc3c(N)nc(F)nc32)O[C@@H]1CO. The molecule has 2 aromatic rings. The Kier molecular flexibility index (Phi) is 2.83. The number of fused-ring (bicyclic) bond motifs is 1. The summed E-state index contributed by atoms with van der Waals surface area (Å²) in [6.07, 6.45) is 0.753. The second kappa shape index (κ2) is 4.39. The molecule has 19 heavy (non-hydrogen) atoms. The molecule has 0 aromatic carbocycles. The van der Waals surface area contributed by atoms with Gasteiger partial charge in [-0.15, -0.1) is 0 Å². The van der Waals surface area contributed by atoms with E-state index in [1.165, 1.54) is 6.33 Å². The van der Waals surface area contributed by atoms with Gasteiger partial charge in [0.15, 0.2) is 17.0 Å². The van der Waals surface area contributed by atoms with Crippen molar-refractivity contribution in [2.24, 2.45) is 5.92 Å². The average Bonchev–Trinajstić information content (AvgIpc) is 2.92. The number of nitrogen functional groups attached to an aromatic ring is 1. The minimum atomic E-state index is -0.892. The zero-order valence-corrected chi connectivity index (χ0v) is 10.3. The van der Waals surface area contributed by atoms with Gasteiger partial charge in [0.25, 0.3) is 0 Å². The van der Waals surface area contributed by atoms with Gasteiger partial charge in [0.2, 0.25) is 0 Å². The Balaban J connectivity index is 2.02. The molecule has 7 nitrogen and oxygen atoms in total. The Morgan fingerprint density at radius 1 is 1.58 bits per heavy atom. The smallest absolute Gasteiger partial charge is 0.312 e. The molecule has 3 heterocycles. The molecule has 0 unspecified atom stereocenters. The number of nitrogens with zero attached hydrogens (tertiary/aromatic N) is 4. The summed E-state index contributed by atoms with van der Waals surface area (Å²) in [6, 6.07) is 0. The molecule has 0 saturated carbocycles. The predicted octanol–water partition coefficient (Wildman–Crippen LogP) is 0.464. The lowest BCUT2D eigenvalue weighted by Crippen LogP contribution is -2.18. The van der Waals surface area contributed by atoms with Crippen molar-refractivity contribution >= 4 is 17.0 Å². The monoisotopic (exact) mass is 267 g/mol. The van der Waals surface area contributed by atoms with E-state index in [-0.39, 0.29) is 30.7 Å². The molecule has 0 amide bonds. The number of hydrogen-bond acceptors (Lipinski definition) is 6. The number of rotatable bonds is 2. The minimum absolute atomic E-state index is 0.00556. The van der Waals surface area contributed by atoms with Crippen molar-refractivity contribution in [1.29, 1.82) is 0 Å². The summed E-state index contributed by atoms with van der Waals surface area (Å²) in [4.78, 5) is 11.2. The molecule has 3 N–H and O–H groups in total. The van der Waals surface area contributed by atoms with Crippen LogP contribution in [0.4, 0.5) is 10.2 Å². The number of aliphatic hydroxyl groups is 1. The number of imidazole rings is 1. The molecule has 102 valence electrons. The Morgan fingerprint density at radius 2 is 2.37 bits per heavy atom. The number of anilines is 1. The van der Waals surface area contributed by atoms with Gasteiger partial charge in [-0.05, 0) is 12.3 Å². The number of ether oxygens (including phenoxy) is 1. The maximum atomic E-state index is 13.2. The summed E-state index contributed by atoms with van der Waals surface area (Å²) < 4.78 is 20.6. The first kappa shape index (κ1) is 12.2. The van der Waals surface area contributed by atoms with Crippen molar-refractivity contribution in [3.8, 4) is 0 Å². The van der Waals surface area contributed by atoms with Crippen molar-refractivity contribution in [1.82, 2.24) is 19.5 Å². The first-order chi connectivity index (χ1) is 9.10. The number of halogens is 1. The molecule has 8 heteroatoms. The van der Waals surface area contributed by atoms with Crippen molar-refractivity contribution in [3.63, 3.8) is 0 Å². The highest BCUT2D eigenvalue weighted by Crippen LogP contribution is 2.34. The third-order valence-corrected chi connectivity index (χ3v) is 3.45. The van der Waals surface area contributed by atoms with Gasteiger partial charge in [0, 0.05) is 0 Å². The Morgan fingerprint density at radius 3 is 3.05 bits per heavy atom. The summed E-state index contributed by atoms with van der Waals surface area (Å²) in [5.41, 5.74) is 6.26. The van der Waals surface area contributed by atoms with Crippen LogP contribution >= 0.6 is 0 Å². The lowest BCUT2D eigenvalue weighted by molar-refractivity contribution is -0.0277. The van der Waals surface area contributed by atoms with Gasteiger partial charge in [-0.1, -0.05) is 6.92 Å². The van der Waals surface area contributed by atoms with E-state index in [9.17, 15) is 9.50 Å². The predicted molar refractivity (Wildman–Crippen MR) is 64.5 cm³/mol. The Labute approximate surface area is 108 Å². The van der Waals surface area contributed by atoms with E-state index in [2.05, 4.69) is 15.0 Å². The van der Waals surface area contributed by atoms with Crippen LogP contribution in [-0.2, 0) is 4.74 Å². The van der Waals surface area contributed by atoms with E-state index < -0.39 is 6.08 Å². The summed E-state index contributed by atoms with van der Waals surface area (Å²) in [7, 11) is 0.